The summed E-state index contributed by atoms with van der Waals surface area (Å²) >= 11 is 0. The van der Waals surface area contributed by atoms with Crippen LogP contribution in [-0.2, 0) is 9.59 Å². The number of fused-ring (bicyclic) bond motifs is 3. The molecule has 0 amide bonds. The van der Waals surface area contributed by atoms with E-state index in [9.17, 15) is 14.7 Å². The van der Waals surface area contributed by atoms with E-state index in [0.717, 1.165) is 50.5 Å². The molecule has 0 aromatic rings. The fraction of sp³-hybridized carbons (Fsp3) is 0.789. The van der Waals surface area contributed by atoms with Crippen LogP contribution in [0.2, 0.25) is 0 Å². The maximum absolute atomic E-state index is 12.1. The number of allylic oxidation sites excluding steroid dienone is 2. The zero-order chi connectivity index (χ0) is 15.7. The molecule has 1 N–H and O–H groups in total. The molecule has 4 aliphatic rings. The molecule has 3 nitrogen and oxygen atoms in total. The third kappa shape index (κ3) is 1.68. The van der Waals surface area contributed by atoms with Gasteiger partial charge in [0.2, 0.25) is 0 Å². The summed E-state index contributed by atoms with van der Waals surface area (Å²) in [7, 11) is 0. The van der Waals surface area contributed by atoms with Crippen LogP contribution in [0.5, 0.6) is 0 Å². The molecule has 0 radical (unpaired) electrons. The first-order valence-electron chi connectivity index (χ1n) is 8.84. The van der Waals surface area contributed by atoms with Gasteiger partial charge in [-0.3, -0.25) is 9.59 Å². The summed E-state index contributed by atoms with van der Waals surface area (Å²) in [6, 6.07) is 0. The van der Waals surface area contributed by atoms with Gasteiger partial charge < -0.3 is 5.11 Å². The molecule has 4 aliphatic carbocycles. The third-order valence-corrected chi connectivity index (χ3v) is 7.82. The van der Waals surface area contributed by atoms with Crippen molar-refractivity contribution in [3.8, 4) is 0 Å². The number of ketones is 1. The van der Waals surface area contributed by atoms with E-state index in [4.69, 9.17) is 0 Å². The Bertz CT molecular complexity index is 589. The van der Waals surface area contributed by atoms with Crippen LogP contribution in [-0.4, -0.2) is 16.9 Å². The summed E-state index contributed by atoms with van der Waals surface area (Å²) in [5.41, 5.74) is 2.83. The van der Waals surface area contributed by atoms with Crippen molar-refractivity contribution in [2.24, 2.45) is 28.6 Å². The molecule has 0 heterocycles. The number of aliphatic carboxylic acids is 1. The Balaban J connectivity index is 1.75. The summed E-state index contributed by atoms with van der Waals surface area (Å²) in [4.78, 5) is 23.7. The Morgan fingerprint density at radius 3 is 2.68 bits per heavy atom. The molecule has 0 aliphatic heterocycles. The fourth-order valence-corrected chi connectivity index (χ4v) is 6.83. The zero-order valence-electron chi connectivity index (χ0n) is 13.7. The van der Waals surface area contributed by atoms with Crippen molar-refractivity contribution in [2.45, 2.75) is 65.2 Å². The molecule has 0 aromatic heterocycles. The Labute approximate surface area is 132 Å². The highest BCUT2D eigenvalue weighted by molar-refractivity contribution is 5.96. The number of Topliss-reactive ketones (excluding diaryl/α,β-unsaturated/α-hetero) is 1. The molecular formula is C19H26O3. The second kappa shape index (κ2) is 4.46. The van der Waals surface area contributed by atoms with Crippen LogP contribution in [0.15, 0.2) is 11.1 Å². The Morgan fingerprint density at radius 2 is 1.95 bits per heavy atom. The van der Waals surface area contributed by atoms with E-state index in [1.54, 1.807) is 0 Å². The number of hydrogen-bond donors (Lipinski definition) is 1. The minimum absolute atomic E-state index is 0.120. The molecule has 3 heteroatoms. The van der Waals surface area contributed by atoms with Gasteiger partial charge in [0, 0.05) is 6.42 Å². The predicted molar refractivity (Wildman–Crippen MR) is 83.3 cm³/mol. The monoisotopic (exact) mass is 302 g/mol. The normalized spacial score (nSPS) is 47.2. The van der Waals surface area contributed by atoms with Crippen LogP contribution in [0.1, 0.15) is 65.2 Å². The Kier molecular flexibility index (Phi) is 2.93. The molecule has 3 saturated carbocycles. The average molecular weight is 302 g/mol. The quantitative estimate of drug-likeness (QED) is 0.797. The van der Waals surface area contributed by atoms with Crippen molar-refractivity contribution >= 4 is 11.8 Å². The van der Waals surface area contributed by atoms with Gasteiger partial charge >= 0.3 is 5.97 Å². The summed E-state index contributed by atoms with van der Waals surface area (Å²) in [5, 5.41) is 9.57. The molecular weight excluding hydrogens is 276 g/mol. The van der Waals surface area contributed by atoms with Gasteiger partial charge in [-0.15, -0.1) is 0 Å². The lowest BCUT2D eigenvalue weighted by Gasteiger charge is -2.57. The van der Waals surface area contributed by atoms with Gasteiger partial charge in [-0.2, -0.15) is 0 Å². The number of carbonyl (C=O) groups is 2. The van der Waals surface area contributed by atoms with Crippen LogP contribution in [0, 0.1) is 28.6 Å². The minimum Gasteiger partial charge on any atom is -0.481 e. The molecule has 22 heavy (non-hydrogen) atoms. The van der Waals surface area contributed by atoms with E-state index in [1.807, 2.05) is 6.92 Å². The topological polar surface area (TPSA) is 54.4 Å². The van der Waals surface area contributed by atoms with Gasteiger partial charge in [0.15, 0.2) is 5.78 Å². The fourth-order valence-electron chi connectivity index (χ4n) is 6.83. The molecule has 0 aromatic carbocycles. The molecule has 5 atom stereocenters. The second-order valence-electron chi connectivity index (χ2n) is 8.55. The van der Waals surface area contributed by atoms with Gasteiger partial charge in [-0.1, -0.05) is 12.5 Å². The highest BCUT2D eigenvalue weighted by Gasteiger charge is 2.62. The lowest BCUT2D eigenvalue weighted by molar-refractivity contribution is -0.143. The van der Waals surface area contributed by atoms with E-state index in [1.165, 1.54) is 5.57 Å². The summed E-state index contributed by atoms with van der Waals surface area (Å²) in [6.07, 6.45) is 8.02. The van der Waals surface area contributed by atoms with E-state index < -0.39 is 5.97 Å². The Morgan fingerprint density at radius 1 is 1.18 bits per heavy atom. The largest absolute Gasteiger partial charge is 0.481 e. The van der Waals surface area contributed by atoms with E-state index in [-0.39, 0.29) is 16.7 Å². The molecule has 2 bridgehead atoms. The highest BCUT2D eigenvalue weighted by atomic mass is 16.4. The molecule has 4 rings (SSSR count). The third-order valence-electron chi connectivity index (χ3n) is 7.82. The molecule has 0 unspecified atom stereocenters. The number of hydrogen-bond acceptors (Lipinski definition) is 2. The minimum atomic E-state index is -0.580. The number of rotatable bonds is 1. The zero-order valence-corrected chi connectivity index (χ0v) is 13.7. The van der Waals surface area contributed by atoms with Gasteiger partial charge in [0.25, 0.3) is 0 Å². The first-order valence-corrected chi connectivity index (χ1v) is 8.84. The van der Waals surface area contributed by atoms with E-state index in [2.05, 4.69) is 6.92 Å². The SMILES string of the molecule is CC1=C2CC[C@@]34C[C@@H](CC[C@H]3[C@]2(C)CCC1=O)[C@H](C(=O)O)C4. The van der Waals surface area contributed by atoms with E-state index in [0.29, 0.717) is 24.0 Å². The standard InChI is InChI=1S/C19H26O3/c1-11-14-5-8-19-9-12(13(10-19)17(21)22)3-4-16(19)18(14,2)7-6-15(11)20/h12-13,16H,3-10H2,1-2H3,(H,21,22)/t12-,13-,16+,18-,19+/m1/s1. The first kappa shape index (κ1) is 14.5. The van der Waals surface area contributed by atoms with Crippen LogP contribution in [0.4, 0.5) is 0 Å². The van der Waals surface area contributed by atoms with Crippen molar-refractivity contribution < 1.29 is 14.7 Å². The summed E-state index contributed by atoms with van der Waals surface area (Å²) in [6.45, 7) is 4.39. The van der Waals surface area contributed by atoms with Gasteiger partial charge in [-0.25, -0.2) is 0 Å². The van der Waals surface area contributed by atoms with Crippen molar-refractivity contribution in [3.05, 3.63) is 11.1 Å². The smallest absolute Gasteiger partial charge is 0.306 e. The van der Waals surface area contributed by atoms with Crippen molar-refractivity contribution in [1.82, 2.24) is 0 Å². The molecule has 0 saturated heterocycles. The van der Waals surface area contributed by atoms with Crippen molar-refractivity contribution in [3.63, 3.8) is 0 Å². The lowest BCUT2D eigenvalue weighted by Crippen LogP contribution is -2.49. The van der Waals surface area contributed by atoms with Gasteiger partial charge in [-0.05, 0) is 80.1 Å². The average Bonchev–Trinajstić information content (AvgIpc) is 2.75. The molecule has 120 valence electrons. The summed E-state index contributed by atoms with van der Waals surface area (Å²) < 4.78 is 0. The molecule has 3 fully saturated rings. The van der Waals surface area contributed by atoms with E-state index >= 15 is 0 Å². The highest BCUT2D eigenvalue weighted by Crippen LogP contribution is 2.69. The predicted octanol–water partition coefficient (Wildman–Crippen LogP) is 3.97. The van der Waals surface area contributed by atoms with Crippen LogP contribution in [0.3, 0.4) is 0 Å². The van der Waals surface area contributed by atoms with Crippen LogP contribution in [0.25, 0.3) is 0 Å². The Hall–Kier alpha value is -1.12. The van der Waals surface area contributed by atoms with Crippen LogP contribution < -0.4 is 0 Å². The number of carbonyl (C=O) groups excluding carboxylic acids is 1. The van der Waals surface area contributed by atoms with Gasteiger partial charge in [0.1, 0.15) is 0 Å². The summed E-state index contributed by atoms with van der Waals surface area (Å²) in [5.74, 6) is 0.628. The maximum Gasteiger partial charge on any atom is 0.306 e. The molecule has 1 spiro atoms. The lowest BCUT2D eigenvalue weighted by atomic mass is 9.47. The van der Waals surface area contributed by atoms with Crippen LogP contribution >= 0.6 is 0 Å². The second-order valence-corrected chi connectivity index (χ2v) is 8.55. The number of carboxylic acid groups (broad SMARTS) is 1. The van der Waals surface area contributed by atoms with Crippen molar-refractivity contribution in [2.75, 3.05) is 0 Å². The first-order chi connectivity index (χ1) is 10.4. The number of carboxylic acids is 1. The van der Waals surface area contributed by atoms with Gasteiger partial charge in [0.05, 0.1) is 5.92 Å². The van der Waals surface area contributed by atoms with Crippen molar-refractivity contribution in [1.29, 1.82) is 0 Å². The maximum atomic E-state index is 12.1.